The van der Waals surface area contributed by atoms with Crippen molar-refractivity contribution in [2.45, 2.75) is 32.8 Å². The van der Waals surface area contributed by atoms with Crippen LogP contribution in [0.4, 0.5) is 5.69 Å². The monoisotopic (exact) mass is 385 g/mol. The van der Waals surface area contributed by atoms with Crippen LogP contribution in [0.5, 0.6) is 0 Å². The minimum absolute atomic E-state index is 0.192. The fraction of sp³-hybridized carbons (Fsp3) is 0.200. The molecule has 1 N–H and O–H groups in total. The van der Waals surface area contributed by atoms with Crippen LogP contribution in [0.1, 0.15) is 56.0 Å². The van der Waals surface area contributed by atoms with Gasteiger partial charge in [-0.2, -0.15) is 0 Å². The van der Waals surface area contributed by atoms with E-state index in [2.05, 4.69) is 12.2 Å². The minimum Gasteiger partial charge on any atom is -0.454 e. The van der Waals surface area contributed by atoms with E-state index in [0.29, 0.717) is 17.5 Å². The number of cyclic esters (lactones) is 1. The standard InChI is InChI=1S/C25H23NO3/c1-3-17-6-11-21(12-7-17)26-24(27)19-10-13-22-20(14-19)15-23(29-25(22)28)18-8-4-16(2)5-9-18/h4-14,23H,3,15H2,1-2H3,(H,26,27)/t23-/m0/s1. The van der Waals surface area contributed by atoms with Crippen LogP contribution in [-0.2, 0) is 17.6 Å². The number of rotatable bonds is 4. The second kappa shape index (κ2) is 7.92. The maximum Gasteiger partial charge on any atom is 0.339 e. The van der Waals surface area contributed by atoms with Crippen LogP contribution >= 0.6 is 0 Å². The SMILES string of the molecule is CCc1ccc(NC(=O)c2ccc3c(c2)C[C@@H](c2ccc(C)cc2)OC3=O)cc1. The van der Waals surface area contributed by atoms with E-state index in [1.807, 2.05) is 55.5 Å². The smallest absolute Gasteiger partial charge is 0.339 e. The molecule has 29 heavy (non-hydrogen) atoms. The second-order valence-corrected chi connectivity index (χ2v) is 7.39. The molecule has 0 spiro atoms. The third kappa shape index (κ3) is 4.06. The predicted octanol–water partition coefficient (Wildman–Crippen LogP) is 5.26. The van der Waals surface area contributed by atoms with E-state index < -0.39 is 0 Å². The predicted molar refractivity (Wildman–Crippen MR) is 113 cm³/mol. The van der Waals surface area contributed by atoms with Gasteiger partial charge < -0.3 is 10.1 Å². The number of benzene rings is 3. The second-order valence-electron chi connectivity index (χ2n) is 7.39. The van der Waals surface area contributed by atoms with E-state index in [1.165, 1.54) is 5.56 Å². The highest BCUT2D eigenvalue weighted by molar-refractivity contribution is 6.05. The first kappa shape index (κ1) is 18.9. The van der Waals surface area contributed by atoms with Crippen LogP contribution in [0.2, 0.25) is 0 Å². The van der Waals surface area contributed by atoms with Crippen LogP contribution < -0.4 is 5.32 Å². The Labute approximate surface area is 170 Å². The van der Waals surface area contributed by atoms with Crippen LogP contribution in [0.3, 0.4) is 0 Å². The van der Waals surface area contributed by atoms with Gasteiger partial charge in [0.1, 0.15) is 6.10 Å². The molecule has 1 aliphatic heterocycles. The number of aryl methyl sites for hydroxylation is 2. The topological polar surface area (TPSA) is 55.4 Å². The number of esters is 1. The molecule has 3 aromatic carbocycles. The van der Waals surface area contributed by atoms with Crippen molar-refractivity contribution in [2.75, 3.05) is 5.32 Å². The molecule has 0 fully saturated rings. The third-order valence-corrected chi connectivity index (χ3v) is 5.31. The highest BCUT2D eigenvalue weighted by atomic mass is 16.5. The molecule has 0 aromatic heterocycles. The molecular weight excluding hydrogens is 362 g/mol. The lowest BCUT2D eigenvalue weighted by atomic mass is 9.92. The molecule has 1 atom stereocenters. The lowest BCUT2D eigenvalue weighted by Crippen LogP contribution is -2.23. The van der Waals surface area contributed by atoms with Gasteiger partial charge in [-0.3, -0.25) is 4.79 Å². The zero-order valence-corrected chi connectivity index (χ0v) is 16.6. The van der Waals surface area contributed by atoms with Crippen molar-refractivity contribution >= 4 is 17.6 Å². The van der Waals surface area contributed by atoms with Gasteiger partial charge in [0, 0.05) is 17.7 Å². The van der Waals surface area contributed by atoms with Gasteiger partial charge in [0.05, 0.1) is 5.56 Å². The molecule has 0 saturated carbocycles. The first-order valence-electron chi connectivity index (χ1n) is 9.84. The molecule has 4 nitrogen and oxygen atoms in total. The van der Waals surface area contributed by atoms with Crippen molar-refractivity contribution in [2.24, 2.45) is 0 Å². The van der Waals surface area contributed by atoms with E-state index in [0.717, 1.165) is 28.8 Å². The third-order valence-electron chi connectivity index (χ3n) is 5.31. The van der Waals surface area contributed by atoms with Crippen molar-refractivity contribution in [1.29, 1.82) is 0 Å². The number of nitrogens with one attached hydrogen (secondary N) is 1. The summed E-state index contributed by atoms with van der Waals surface area (Å²) in [5, 5.41) is 2.92. The average Bonchev–Trinajstić information content (AvgIpc) is 2.74. The van der Waals surface area contributed by atoms with E-state index >= 15 is 0 Å². The van der Waals surface area contributed by atoms with Crippen LogP contribution in [0, 0.1) is 6.92 Å². The summed E-state index contributed by atoms with van der Waals surface area (Å²) >= 11 is 0. The van der Waals surface area contributed by atoms with Crippen molar-refractivity contribution in [3.63, 3.8) is 0 Å². The summed E-state index contributed by atoms with van der Waals surface area (Å²) in [5.74, 6) is -0.540. The summed E-state index contributed by atoms with van der Waals surface area (Å²) in [6.07, 6.45) is 1.17. The zero-order chi connectivity index (χ0) is 20.4. The summed E-state index contributed by atoms with van der Waals surface area (Å²) in [5.41, 5.74) is 5.97. The fourth-order valence-corrected chi connectivity index (χ4v) is 3.53. The van der Waals surface area contributed by atoms with Gasteiger partial charge in [-0.05, 0) is 60.4 Å². The highest BCUT2D eigenvalue weighted by Crippen LogP contribution is 2.31. The van der Waals surface area contributed by atoms with Gasteiger partial charge in [0.15, 0.2) is 0 Å². The first-order chi connectivity index (χ1) is 14.0. The molecule has 1 amide bonds. The summed E-state index contributed by atoms with van der Waals surface area (Å²) < 4.78 is 5.62. The van der Waals surface area contributed by atoms with Crippen molar-refractivity contribution in [3.05, 3.63) is 100 Å². The van der Waals surface area contributed by atoms with E-state index in [9.17, 15) is 9.59 Å². The molecule has 0 aliphatic carbocycles. The first-order valence-corrected chi connectivity index (χ1v) is 9.84. The van der Waals surface area contributed by atoms with Gasteiger partial charge in [-0.1, -0.05) is 48.9 Å². The number of carbonyl (C=O) groups excluding carboxylic acids is 2. The van der Waals surface area contributed by atoms with Crippen LogP contribution in [0.15, 0.2) is 66.7 Å². The Morgan fingerprint density at radius 3 is 2.45 bits per heavy atom. The van der Waals surface area contributed by atoms with Crippen LogP contribution in [0.25, 0.3) is 0 Å². The molecule has 0 unspecified atom stereocenters. The lowest BCUT2D eigenvalue weighted by Gasteiger charge is -2.25. The molecule has 0 saturated heterocycles. The Morgan fingerprint density at radius 1 is 1.03 bits per heavy atom. The Morgan fingerprint density at radius 2 is 1.76 bits per heavy atom. The van der Waals surface area contributed by atoms with E-state index in [-0.39, 0.29) is 18.0 Å². The fourth-order valence-electron chi connectivity index (χ4n) is 3.53. The Bertz CT molecular complexity index is 1050. The quantitative estimate of drug-likeness (QED) is 0.623. The summed E-state index contributed by atoms with van der Waals surface area (Å²) in [6.45, 7) is 4.11. The van der Waals surface area contributed by atoms with Gasteiger partial charge >= 0.3 is 5.97 Å². The van der Waals surface area contributed by atoms with Gasteiger partial charge in [0.2, 0.25) is 0 Å². The zero-order valence-electron chi connectivity index (χ0n) is 16.6. The number of anilines is 1. The van der Waals surface area contributed by atoms with Crippen molar-refractivity contribution in [3.8, 4) is 0 Å². The summed E-state index contributed by atoms with van der Waals surface area (Å²) in [4.78, 5) is 25.1. The van der Waals surface area contributed by atoms with Gasteiger partial charge in [-0.15, -0.1) is 0 Å². The molecule has 1 aliphatic rings. The van der Waals surface area contributed by atoms with Crippen LogP contribution in [-0.4, -0.2) is 11.9 Å². The maximum absolute atomic E-state index is 12.7. The lowest BCUT2D eigenvalue weighted by molar-refractivity contribution is 0.0252. The number of fused-ring (bicyclic) bond motifs is 1. The minimum atomic E-state index is -0.348. The highest BCUT2D eigenvalue weighted by Gasteiger charge is 2.28. The van der Waals surface area contributed by atoms with Gasteiger partial charge in [0.25, 0.3) is 5.91 Å². The number of hydrogen-bond donors (Lipinski definition) is 1. The summed E-state index contributed by atoms with van der Waals surface area (Å²) in [7, 11) is 0. The molecular formula is C25H23NO3. The van der Waals surface area contributed by atoms with E-state index in [4.69, 9.17) is 4.74 Å². The molecule has 146 valence electrons. The molecule has 0 radical (unpaired) electrons. The Hall–Kier alpha value is -3.40. The Balaban J connectivity index is 1.55. The van der Waals surface area contributed by atoms with E-state index in [1.54, 1.807) is 18.2 Å². The molecule has 3 aromatic rings. The maximum atomic E-state index is 12.7. The molecule has 4 rings (SSSR count). The van der Waals surface area contributed by atoms with Crippen molar-refractivity contribution < 1.29 is 14.3 Å². The Kier molecular flexibility index (Phi) is 5.17. The van der Waals surface area contributed by atoms with Crippen molar-refractivity contribution in [1.82, 2.24) is 0 Å². The largest absolute Gasteiger partial charge is 0.454 e. The number of amides is 1. The summed E-state index contributed by atoms with van der Waals surface area (Å²) in [6, 6.07) is 20.9. The number of ether oxygens (including phenoxy) is 1. The molecule has 1 heterocycles. The molecule has 4 heteroatoms. The van der Waals surface area contributed by atoms with Gasteiger partial charge in [-0.25, -0.2) is 4.79 Å². The molecule has 0 bridgehead atoms. The average molecular weight is 385 g/mol. The number of carbonyl (C=O) groups is 2. The normalized spacial score (nSPS) is 15.4. The number of hydrogen-bond acceptors (Lipinski definition) is 3.